The number of hydrogen-bond acceptors (Lipinski definition) is 23. The van der Waals surface area contributed by atoms with Gasteiger partial charge in [-0.3, -0.25) is 47.9 Å². The van der Waals surface area contributed by atoms with Gasteiger partial charge in [-0.25, -0.2) is 38.1 Å². The fourth-order valence-corrected chi connectivity index (χ4v) is 17.4. The molecule has 5 aromatic carbocycles. The number of rotatable bonds is 15. The van der Waals surface area contributed by atoms with Crippen LogP contribution in [0, 0.1) is 87.2 Å². The minimum absolute atomic E-state index is 0.0773. The van der Waals surface area contributed by atoms with Gasteiger partial charge in [0.2, 0.25) is 59.1 Å². The standard InChI is InChI=1S/C19H18FN5O2.2C19H19N5O2.2C18H19FN4O2/c1-9-2-3-16(26)25(9)14-5-10-6-15(23-8-13(10)18(22)17(14)20)24-19(27)12-4-11(12)7-21;2*1-10-2-3-18(25)24(10)13-4-11-6-17(22-9-15(11)16(21)7-13)23-19(26)14-5-12(14)8-20;2*1-9-2-3-17(24)23(9)11-4-10-5-16(21-8-13(10)15(20)6-11)22-18(25)12-7-14(12)19/h5-6,8-9,11-12H,2-4,22H2,1H3,(H,23,24,27);2*4,6-7,9-10,12,14H,2-3,5,21H2,1H3,(H,22,23,26);2*4-6,8-9,12,14H,2-3,7,20H2,1H3,(H,21,22,25)/t9-,11+,12-;10-,12+,14-;10-,12-,14+;9?,12-,14+;9-,12+,14-/m11010/s1. The lowest BCUT2D eigenvalue weighted by molar-refractivity contribution is -0.118. The molecular formula is C93H94F3N23O10. The molecule has 0 spiro atoms. The van der Waals surface area contributed by atoms with Crippen LogP contribution in [0.15, 0.2) is 116 Å². The number of nitrogen functional groups attached to an aromatic ring is 5. The van der Waals surface area contributed by atoms with Crippen LogP contribution < -0.4 is 79.8 Å². The van der Waals surface area contributed by atoms with E-state index in [4.69, 9.17) is 44.5 Å². The molecule has 10 aromatic rings. The molecular weight excluding hydrogens is 1660 g/mol. The number of nitrogens with two attached hydrogens (primary N) is 5. The number of nitrogens with one attached hydrogen (secondary N) is 5. The van der Waals surface area contributed by atoms with Crippen LogP contribution in [-0.2, 0) is 47.9 Å². The number of fused-ring (bicyclic) bond motifs is 5. The number of halogens is 3. The molecule has 5 aromatic heterocycles. The van der Waals surface area contributed by atoms with Crippen molar-refractivity contribution >= 4 is 199 Å². The smallest absolute Gasteiger partial charge is 0.231 e. The zero-order valence-electron chi connectivity index (χ0n) is 71.2. The average molecular weight is 1750 g/mol. The molecule has 15 N–H and O–H groups in total. The molecule has 0 bridgehead atoms. The fourth-order valence-electron chi connectivity index (χ4n) is 17.4. The first-order valence-electron chi connectivity index (χ1n) is 43.0. The number of benzene rings is 5. The second-order valence-electron chi connectivity index (χ2n) is 34.9. The highest BCUT2D eigenvalue weighted by Crippen LogP contribution is 2.45. The van der Waals surface area contributed by atoms with Crippen LogP contribution in [0.5, 0.6) is 0 Å². The third kappa shape index (κ3) is 18.4. The Labute approximate surface area is 737 Å². The van der Waals surface area contributed by atoms with Crippen LogP contribution in [-0.4, -0.2) is 127 Å². The molecule has 129 heavy (non-hydrogen) atoms. The van der Waals surface area contributed by atoms with Crippen LogP contribution in [0.2, 0.25) is 0 Å². The van der Waals surface area contributed by atoms with Crippen molar-refractivity contribution in [1.29, 1.82) is 15.8 Å². The van der Waals surface area contributed by atoms with Crippen molar-refractivity contribution in [1.82, 2.24) is 24.9 Å². The molecule has 10 fully saturated rings. The first-order valence-corrected chi connectivity index (χ1v) is 43.0. The van der Waals surface area contributed by atoms with Crippen molar-refractivity contribution in [2.45, 2.75) is 173 Å². The average Bonchev–Trinajstić information content (AvgIpc) is 0.962. The first kappa shape index (κ1) is 87.6. The lowest BCUT2D eigenvalue weighted by Crippen LogP contribution is -2.31. The summed E-state index contributed by atoms with van der Waals surface area (Å²) in [6.45, 7) is 9.92. The van der Waals surface area contributed by atoms with E-state index in [1.165, 1.54) is 11.1 Å². The Hall–Kier alpha value is -14.9. The number of amides is 10. The number of hydrogen-bond donors (Lipinski definition) is 10. The lowest BCUT2D eigenvalue weighted by atomic mass is 10.1. The van der Waals surface area contributed by atoms with Crippen molar-refractivity contribution in [3.63, 3.8) is 0 Å². The normalized spacial score (nSPS) is 24.8. The predicted octanol–water partition coefficient (Wildman–Crippen LogP) is 12.7. The maximum atomic E-state index is 14.8. The number of alkyl halides is 2. The van der Waals surface area contributed by atoms with Gasteiger partial charge in [-0.1, -0.05) is 0 Å². The number of carbonyl (C=O) groups excluding carboxylic acids is 10. The number of anilines is 15. The molecule has 15 atom stereocenters. The highest BCUT2D eigenvalue weighted by molar-refractivity contribution is 6.10. The molecule has 0 radical (unpaired) electrons. The van der Waals surface area contributed by atoms with E-state index < -0.39 is 30.0 Å². The van der Waals surface area contributed by atoms with E-state index in [1.54, 1.807) is 105 Å². The number of aromatic nitrogens is 5. The number of carbonyl (C=O) groups is 10. The van der Waals surface area contributed by atoms with E-state index in [-0.39, 0.29) is 149 Å². The fraction of sp³-hybridized carbons (Fsp3) is 0.376. The second kappa shape index (κ2) is 35.5. The monoisotopic (exact) mass is 1750 g/mol. The van der Waals surface area contributed by atoms with Crippen LogP contribution in [0.3, 0.4) is 0 Å². The van der Waals surface area contributed by atoms with Crippen molar-refractivity contribution in [2.24, 2.45) is 47.3 Å². The van der Waals surface area contributed by atoms with Gasteiger partial charge in [0.15, 0.2) is 5.82 Å². The van der Waals surface area contributed by atoms with E-state index in [0.717, 1.165) is 91.5 Å². The maximum absolute atomic E-state index is 14.8. The zero-order valence-corrected chi connectivity index (χ0v) is 71.2. The lowest BCUT2D eigenvalue weighted by Gasteiger charge is -2.23. The number of nitrogens with zero attached hydrogens (tertiary/aromatic N) is 13. The van der Waals surface area contributed by atoms with Crippen molar-refractivity contribution < 1.29 is 61.1 Å². The minimum Gasteiger partial charge on any atom is -0.398 e. The first-order chi connectivity index (χ1) is 61.7. The van der Waals surface area contributed by atoms with Crippen LogP contribution in [0.1, 0.15) is 131 Å². The molecule has 5 saturated heterocycles. The highest BCUT2D eigenvalue weighted by Gasteiger charge is 2.48. The van der Waals surface area contributed by atoms with Gasteiger partial charge in [-0.05, 0) is 211 Å². The van der Waals surface area contributed by atoms with Crippen molar-refractivity contribution in [3.8, 4) is 18.2 Å². The van der Waals surface area contributed by atoms with Gasteiger partial charge in [0.1, 0.15) is 41.4 Å². The molecule has 10 amide bonds. The van der Waals surface area contributed by atoms with Crippen LogP contribution in [0.25, 0.3) is 53.9 Å². The summed E-state index contributed by atoms with van der Waals surface area (Å²) < 4.78 is 40.8. The molecule has 5 aliphatic carbocycles. The van der Waals surface area contributed by atoms with Gasteiger partial charge < -0.3 is 79.8 Å². The topological polar surface area (TPSA) is 513 Å². The molecule has 1 unspecified atom stereocenters. The van der Waals surface area contributed by atoms with Gasteiger partial charge in [0.25, 0.3) is 0 Å². The molecule has 5 saturated carbocycles. The van der Waals surface area contributed by atoms with Gasteiger partial charge in [-0.2, -0.15) is 15.8 Å². The Morgan fingerprint density at radius 2 is 0.566 bits per heavy atom. The molecule has 20 rings (SSSR count). The van der Waals surface area contributed by atoms with Crippen molar-refractivity contribution in [3.05, 3.63) is 122 Å². The Bertz CT molecular complexity index is 6200. The Balaban J connectivity index is 0.000000118. The largest absolute Gasteiger partial charge is 0.398 e. The SMILES string of the molecule is CC1CCC(=O)N1c1cc(N)c2cnc(NC(=O)[C@@H]3C[C@@H]3F)cc2c1.C[C@@H]1CCC(=O)N1c1cc(N)c2cnc(NC(=O)[C@@H]3C[C@H]3C#N)cc2c1.C[C@@H]1CCC(=O)N1c1cc2cc(NC(=O)[C@@H]3C[C@H]3C#N)ncc2c(N)c1F.C[C@H]1CCC(=O)N1c1cc(N)c2cnc(NC(=O)[C@@H]3C[C@@H]3F)cc2c1.C[C@H]1CCC(=O)N1c1cc(N)c2cnc(NC(=O)[C@@H]3C[C@H]3C#N)cc2c1. The zero-order chi connectivity index (χ0) is 91.6. The van der Waals surface area contributed by atoms with Gasteiger partial charge in [-0.15, -0.1) is 0 Å². The van der Waals surface area contributed by atoms with Gasteiger partial charge in [0.05, 0.1) is 76.9 Å². The van der Waals surface area contributed by atoms with E-state index in [1.807, 2.05) is 58.9 Å². The summed E-state index contributed by atoms with van der Waals surface area (Å²) >= 11 is 0. The minimum atomic E-state index is -1.05. The number of nitriles is 3. The van der Waals surface area contributed by atoms with Crippen molar-refractivity contribution in [2.75, 3.05) is 79.8 Å². The number of pyridine rings is 5. The molecule has 662 valence electrons. The summed E-state index contributed by atoms with van der Waals surface area (Å²) in [7, 11) is 0. The molecule has 10 heterocycles. The highest BCUT2D eigenvalue weighted by atomic mass is 19.1. The van der Waals surface area contributed by atoms with E-state index >= 15 is 0 Å². The molecule has 36 heteroatoms. The van der Waals surface area contributed by atoms with Gasteiger partial charge in [0, 0.05) is 166 Å². The predicted molar refractivity (Wildman–Crippen MR) is 482 cm³/mol. The van der Waals surface area contributed by atoms with Crippen LogP contribution >= 0.6 is 0 Å². The van der Waals surface area contributed by atoms with Gasteiger partial charge >= 0.3 is 0 Å². The van der Waals surface area contributed by atoms with E-state index in [2.05, 4.69) is 69.7 Å². The summed E-state index contributed by atoms with van der Waals surface area (Å²) in [4.78, 5) is 150. The summed E-state index contributed by atoms with van der Waals surface area (Å²) in [6, 6.07) is 31.5. The molecule has 5 aliphatic heterocycles. The molecule has 10 aliphatic rings. The second-order valence-corrected chi connectivity index (χ2v) is 34.9. The summed E-state index contributed by atoms with van der Waals surface area (Å²) in [5.74, 6) is -2.52. The summed E-state index contributed by atoms with van der Waals surface area (Å²) in [6.07, 6.45) is 14.5. The molecule has 33 nitrogen and oxygen atoms in total. The van der Waals surface area contributed by atoms with E-state index in [0.29, 0.717) is 120 Å². The third-order valence-electron chi connectivity index (χ3n) is 25.4. The summed E-state index contributed by atoms with van der Waals surface area (Å²) in [5.41, 5.74) is 35.7. The maximum Gasteiger partial charge on any atom is 0.231 e. The third-order valence-corrected chi connectivity index (χ3v) is 25.4. The summed E-state index contributed by atoms with van der Waals surface area (Å²) in [5, 5.41) is 47.2. The Morgan fingerprint density at radius 3 is 0.783 bits per heavy atom. The Kier molecular flexibility index (Phi) is 24.1. The Morgan fingerprint density at radius 1 is 0.341 bits per heavy atom. The van der Waals surface area contributed by atoms with E-state index in [9.17, 15) is 61.1 Å². The van der Waals surface area contributed by atoms with Crippen LogP contribution in [0.4, 0.5) is 99.1 Å². The quantitative estimate of drug-likeness (QED) is 0.0426.